The van der Waals surface area contributed by atoms with Gasteiger partial charge in [-0.2, -0.15) is 0 Å². The molecule has 0 saturated carbocycles. The summed E-state index contributed by atoms with van der Waals surface area (Å²) >= 11 is 0. The highest BCUT2D eigenvalue weighted by Crippen LogP contribution is 2.19. The van der Waals surface area contributed by atoms with Gasteiger partial charge >= 0.3 is 0 Å². The number of unbranched alkanes of at least 4 members (excludes halogenated alkanes) is 1. The normalized spacial score (nSPS) is 10.8. The Balaban J connectivity index is 1.48. The van der Waals surface area contributed by atoms with Crippen LogP contribution in [0.5, 0.6) is 11.5 Å². The number of Topliss-reactive ketones (excluding diaryl/α,β-unsaturated/α-hetero) is 1. The van der Waals surface area contributed by atoms with E-state index in [2.05, 4.69) is 22.1 Å². The number of benzene rings is 2. The van der Waals surface area contributed by atoms with Crippen molar-refractivity contribution in [2.24, 2.45) is 0 Å². The van der Waals surface area contributed by atoms with Crippen molar-refractivity contribution in [3.63, 3.8) is 0 Å². The smallest absolute Gasteiger partial charge is 0.195 e. The van der Waals surface area contributed by atoms with Crippen molar-refractivity contribution in [2.75, 3.05) is 13.7 Å². The molecule has 130 valence electrons. The number of ether oxygens (including phenoxy) is 2. The highest BCUT2D eigenvalue weighted by Gasteiger charge is 2.07. The van der Waals surface area contributed by atoms with Crippen LogP contribution in [0.4, 0.5) is 0 Å². The second kappa shape index (κ2) is 7.83. The molecule has 0 atom stereocenters. The van der Waals surface area contributed by atoms with Crippen molar-refractivity contribution < 1.29 is 14.3 Å². The lowest BCUT2D eigenvalue weighted by atomic mass is 10.1. The molecule has 0 spiro atoms. The Hall–Kier alpha value is -2.82. The maximum absolute atomic E-state index is 11.4. The third kappa shape index (κ3) is 4.38. The summed E-state index contributed by atoms with van der Waals surface area (Å²) in [6, 6.07) is 13.7. The van der Waals surface area contributed by atoms with E-state index in [1.54, 1.807) is 7.11 Å². The molecule has 0 aliphatic heterocycles. The zero-order valence-electron chi connectivity index (χ0n) is 14.5. The third-order valence-electron chi connectivity index (χ3n) is 4.05. The lowest BCUT2D eigenvalue weighted by molar-refractivity contribution is 0.100. The SMILES string of the molecule is COc1cccc(OCCCCc2ccc3nc(C(C)=O)[nH]c3c2)c1. The highest BCUT2D eigenvalue weighted by molar-refractivity contribution is 5.94. The van der Waals surface area contributed by atoms with E-state index in [0.29, 0.717) is 12.4 Å². The fraction of sp³-hybridized carbons (Fsp3) is 0.300. The first kappa shape index (κ1) is 17.0. The zero-order valence-corrected chi connectivity index (χ0v) is 14.5. The van der Waals surface area contributed by atoms with Crippen LogP contribution in [-0.2, 0) is 6.42 Å². The van der Waals surface area contributed by atoms with Crippen molar-refractivity contribution in [3.8, 4) is 11.5 Å². The second-order valence-electron chi connectivity index (χ2n) is 5.98. The molecule has 1 N–H and O–H groups in total. The number of methoxy groups -OCH3 is 1. The number of hydrogen-bond donors (Lipinski definition) is 1. The molecule has 0 fully saturated rings. The largest absolute Gasteiger partial charge is 0.497 e. The van der Waals surface area contributed by atoms with Gasteiger partial charge in [0, 0.05) is 13.0 Å². The van der Waals surface area contributed by atoms with Crippen molar-refractivity contribution in [1.82, 2.24) is 9.97 Å². The van der Waals surface area contributed by atoms with E-state index in [4.69, 9.17) is 9.47 Å². The maximum atomic E-state index is 11.4. The van der Waals surface area contributed by atoms with E-state index in [1.807, 2.05) is 30.3 Å². The number of aryl methyl sites for hydroxylation is 1. The highest BCUT2D eigenvalue weighted by atomic mass is 16.5. The van der Waals surface area contributed by atoms with Crippen LogP contribution in [0, 0.1) is 0 Å². The van der Waals surface area contributed by atoms with Gasteiger partial charge in [-0.1, -0.05) is 12.1 Å². The van der Waals surface area contributed by atoms with Gasteiger partial charge in [-0.05, 0) is 49.1 Å². The van der Waals surface area contributed by atoms with Crippen molar-refractivity contribution in [1.29, 1.82) is 0 Å². The molecule has 0 radical (unpaired) electrons. The molecular formula is C20H22N2O3. The Morgan fingerprint density at radius 3 is 2.76 bits per heavy atom. The first-order valence-corrected chi connectivity index (χ1v) is 8.42. The van der Waals surface area contributed by atoms with Crippen LogP contribution in [-0.4, -0.2) is 29.5 Å². The summed E-state index contributed by atoms with van der Waals surface area (Å²) in [6.07, 6.45) is 2.96. The Kier molecular flexibility index (Phi) is 5.33. The minimum atomic E-state index is -0.0487. The third-order valence-corrected chi connectivity index (χ3v) is 4.05. The number of fused-ring (bicyclic) bond motifs is 1. The van der Waals surface area contributed by atoms with Gasteiger partial charge < -0.3 is 14.5 Å². The van der Waals surface area contributed by atoms with Crippen LogP contribution in [0.1, 0.15) is 35.9 Å². The number of carbonyl (C=O) groups excluding carboxylic acids is 1. The van der Waals surface area contributed by atoms with E-state index < -0.39 is 0 Å². The predicted molar refractivity (Wildman–Crippen MR) is 97.5 cm³/mol. The minimum absolute atomic E-state index is 0.0487. The van der Waals surface area contributed by atoms with E-state index in [9.17, 15) is 4.79 Å². The molecule has 3 rings (SSSR count). The second-order valence-corrected chi connectivity index (χ2v) is 5.98. The average molecular weight is 338 g/mol. The van der Waals surface area contributed by atoms with Crippen LogP contribution in [0.3, 0.4) is 0 Å². The molecular weight excluding hydrogens is 316 g/mol. The molecule has 5 heteroatoms. The van der Waals surface area contributed by atoms with Gasteiger partial charge in [0.1, 0.15) is 11.5 Å². The molecule has 0 saturated heterocycles. The van der Waals surface area contributed by atoms with Crippen molar-refractivity contribution in [3.05, 3.63) is 53.9 Å². The predicted octanol–water partition coefficient (Wildman–Crippen LogP) is 4.18. The summed E-state index contributed by atoms with van der Waals surface area (Å²) < 4.78 is 10.9. The molecule has 0 aliphatic carbocycles. The standard InChI is InChI=1S/C20H22N2O3/c1-14(23)20-21-18-10-9-15(12-19(18)22-20)6-3-4-11-25-17-8-5-7-16(13-17)24-2/h5,7-10,12-13H,3-4,6,11H2,1-2H3,(H,21,22). The van der Waals surface area contributed by atoms with Crippen LogP contribution >= 0.6 is 0 Å². The van der Waals surface area contributed by atoms with Crippen LogP contribution in [0.2, 0.25) is 0 Å². The Morgan fingerprint density at radius 2 is 1.96 bits per heavy atom. The van der Waals surface area contributed by atoms with Gasteiger partial charge in [-0.15, -0.1) is 0 Å². The summed E-state index contributed by atoms with van der Waals surface area (Å²) in [5.41, 5.74) is 2.97. The lowest BCUT2D eigenvalue weighted by Gasteiger charge is -2.07. The summed E-state index contributed by atoms with van der Waals surface area (Å²) in [5.74, 6) is 2.00. The number of aromatic nitrogens is 2. The Labute approximate surface area is 147 Å². The van der Waals surface area contributed by atoms with Gasteiger partial charge in [-0.3, -0.25) is 4.79 Å². The number of hydrogen-bond acceptors (Lipinski definition) is 4. The molecule has 0 aliphatic rings. The summed E-state index contributed by atoms with van der Waals surface area (Å²) in [6.45, 7) is 2.19. The van der Waals surface area contributed by atoms with Crippen molar-refractivity contribution >= 4 is 16.8 Å². The summed E-state index contributed by atoms with van der Waals surface area (Å²) in [4.78, 5) is 18.7. The summed E-state index contributed by atoms with van der Waals surface area (Å²) in [7, 11) is 1.65. The summed E-state index contributed by atoms with van der Waals surface area (Å²) in [5, 5.41) is 0. The number of aromatic amines is 1. The van der Waals surface area contributed by atoms with E-state index in [1.165, 1.54) is 12.5 Å². The molecule has 1 aromatic heterocycles. The number of nitrogens with one attached hydrogen (secondary N) is 1. The molecule has 25 heavy (non-hydrogen) atoms. The lowest BCUT2D eigenvalue weighted by Crippen LogP contribution is -1.98. The van der Waals surface area contributed by atoms with Gasteiger partial charge in [0.05, 0.1) is 24.8 Å². The molecule has 2 aromatic carbocycles. The fourth-order valence-corrected chi connectivity index (χ4v) is 2.69. The first-order chi connectivity index (χ1) is 12.2. The monoisotopic (exact) mass is 338 g/mol. The first-order valence-electron chi connectivity index (χ1n) is 8.42. The minimum Gasteiger partial charge on any atom is -0.497 e. The molecule has 3 aromatic rings. The van der Waals surface area contributed by atoms with Gasteiger partial charge in [0.25, 0.3) is 0 Å². The van der Waals surface area contributed by atoms with Crippen LogP contribution in [0.25, 0.3) is 11.0 Å². The van der Waals surface area contributed by atoms with E-state index in [-0.39, 0.29) is 5.78 Å². The van der Waals surface area contributed by atoms with Gasteiger partial charge in [-0.25, -0.2) is 4.98 Å². The molecule has 1 heterocycles. The Bertz CT molecular complexity index is 870. The molecule has 5 nitrogen and oxygen atoms in total. The number of imidazole rings is 1. The number of nitrogens with zero attached hydrogens (tertiary/aromatic N) is 1. The Morgan fingerprint density at radius 1 is 1.12 bits per heavy atom. The number of rotatable bonds is 8. The quantitative estimate of drug-likeness (QED) is 0.494. The molecule has 0 unspecified atom stereocenters. The topological polar surface area (TPSA) is 64.2 Å². The number of carbonyl (C=O) groups is 1. The van der Waals surface area contributed by atoms with E-state index in [0.717, 1.165) is 41.8 Å². The zero-order chi connectivity index (χ0) is 17.6. The van der Waals surface area contributed by atoms with Crippen LogP contribution < -0.4 is 9.47 Å². The molecule has 0 bridgehead atoms. The molecule has 0 amide bonds. The van der Waals surface area contributed by atoms with Crippen LogP contribution in [0.15, 0.2) is 42.5 Å². The van der Waals surface area contributed by atoms with Crippen molar-refractivity contribution in [2.45, 2.75) is 26.2 Å². The van der Waals surface area contributed by atoms with E-state index >= 15 is 0 Å². The maximum Gasteiger partial charge on any atom is 0.195 e. The average Bonchev–Trinajstić information content (AvgIpc) is 3.05. The van der Waals surface area contributed by atoms with Gasteiger partial charge in [0.15, 0.2) is 11.6 Å². The number of H-pyrrole nitrogens is 1. The fourth-order valence-electron chi connectivity index (χ4n) is 2.69. The van der Waals surface area contributed by atoms with Gasteiger partial charge in [0.2, 0.25) is 0 Å². The number of ketones is 1.